The van der Waals surface area contributed by atoms with E-state index in [1.54, 1.807) is 12.3 Å². The maximum atomic E-state index is 13.2. The van der Waals surface area contributed by atoms with Crippen LogP contribution in [0.3, 0.4) is 0 Å². The van der Waals surface area contributed by atoms with Gasteiger partial charge in [-0.05, 0) is 26.0 Å². The first-order valence-electron chi connectivity index (χ1n) is 10.9. The topological polar surface area (TPSA) is 92.0 Å². The second-order valence-electron chi connectivity index (χ2n) is 8.01. The maximum Gasteiger partial charge on any atom is 0.256 e. The average molecular weight is 460 g/mol. The first-order chi connectivity index (χ1) is 15.5. The van der Waals surface area contributed by atoms with Crippen molar-refractivity contribution in [2.75, 3.05) is 59.0 Å². The number of morpholine rings is 1. The van der Waals surface area contributed by atoms with Gasteiger partial charge in [0.25, 0.3) is 5.91 Å². The van der Waals surface area contributed by atoms with Crippen LogP contribution in [0.15, 0.2) is 27.9 Å². The van der Waals surface area contributed by atoms with Crippen LogP contribution < -0.4 is 0 Å². The third-order valence-electron chi connectivity index (χ3n) is 5.92. The molecule has 0 aromatic carbocycles. The van der Waals surface area contributed by atoms with Crippen LogP contribution in [-0.4, -0.2) is 95.7 Å². The van der Waals surface area contributed by atoms with Crippen molar-refractivity contribution in [1.29, 1.82) is 0 Å². The molecule has 0 atom stereocenters. The normalized spacial score (nSPS) is 17.6. The fourth-order valence-corrected chi connectivity index (χ4v) is 5.04. The molecule has 2 amide bonds. The number of hydrogen-bond donors (Lipinski definition) is 0. The Kier molecular flexibility index (Phi) is 7.44. The van der Waals surface area contributed by atoms with Gasteiger partial charge < -0.3 is 19.1 Å². The van der Waals surface area contributed by atoms with Crippen LogP contribution in [0.5, 0.6) is 0 Å². The summed E-state index contributed by atoms with van der Waals surface area (Å²) in [5, 5.41) is 4.69. The highest BCUT2D eigenvalue weighted by Crippen LogP contribution is 2.28. The van der Waals surface area contributed by atoms with E-state index >= 15 is 0 Å². The number of carbonyl (C=O) groups excluding carboxylic acids is 2. The molecule has 2 aliphatic rings. The second kappa shape index (κ2) is 10.5. The molecule has 4 heterocycles. The summed E-state index contributed by atoms with van der Waals surface area (Å²) in [5.74, 6) is 1.51. The van der Waals surface area contributed by atoms with Crippen molar-refractivity contribution in [3.8, 4) is 0 Å². The van der Waals surface area contributed by atoms with E-state index in [1.165, 1.54) is 11.8 Å². The Hall–Kier alpha value is -2.43. The molecule has 2 saturated heterocycles. The lowest BCUT2D eigenvalue weighted by molar-refractivity contribution is -0.134. The Balaban J connectivity index is 1.33. The number of aromatic nitrogens is 2. The number of ether oxygens (including phenoxy) is 1. The predicted octanol–water partition coefficient (Wildman–Crippen LogP) is 1.60. The number of rotatable bonds is 6. The average Bonchev–Trinajstić information content (AvgIpc) is 3.15. The minimum Gasteiger partial charge on any atom is -0.379 e. The minimum atomic E-state index is -0.0420. The lowest BCUT2D eigenvalue weighted by atomic mass is 10.2. The summed E-state index contributed by atoms with van der Waals surface area (Å²) in [7, 11) is 0. The number of carbonyl (C=O) groups is 2. The van der Waals surface area contributed by atoms with E-state index in [0.717, 1.165) is 30.1 Å². The molecule has 2 aliphatic heterocycles. The van der Waals surface area contributed by atoms with Crippen LogP contribution in [-0.2, 0) is 15.3 Å². The summed E-state index contributed by atoms with van der Waals surface area (Å²) in [6, 6.07) is 3.61. The van der Waals surface area contributed by atoms with Gasteiger partial charge in [0.1, 0.15) is 10.8 Å². The molecule has 2 aromatic heterocycles. The molecule has 0 aliphatic carbocycles. The molecule has 0 unspecified atom stereocenters. The maximum absolute atomic E-state index is 13.2. The molecule has 172 valence electrons. The first-order valence-corrected chi connectivity index (χ1v) is 11.9. The van der Waals surface area contributed by atoms with Crippen molar-refractivity contribution in [1.82, 2.24) is 24.8 Å². The van der Waals surface area contributed by atoms with Gasteiger partial charge in [0.2, 0.25) is 5.91 Å². The zero-order valence-electron chi connectivity index (χ0n) is 18.6. The first kappa shape index (κ1) is 22.8. The van der Waals surface area contributed by atoms with E-state index in [-0.39, 0.29) is 11.8 Å². The van der Waals surface area contributed by atoms with Crippen LogP contribution in [0.2, 0.25) is 0 Å². The van der Waals surface area contributed by atoms with Crippen LogP contribution in [0, 0.1) is 13.8 Å². The lowest BCUT2D eigenvalue weighted by Crippen LogP contribution is -2.53. The van der Waals surface area contributed by atoms with Crippen molar-refractivity contribution in [3.05, 3.63) is 40.9 Å². The van der Waals surface area contributed by atoms with Crippen molar-refractivity contribution in [2.45, 2.75) is 24.6 Å². The van der Waals surface area contributed by atoms with Gasteiger partial charge in [0.15, 0.2) is 0 Å². The monoisotopic (exact) mass is 459 g/mol. The smallest absolute Gasteiger partial charge is 0.256 e. The molecule has 0 N–H and O–H groups in total. The van der Waals surface area contributed by atoms with Gasteiger partial charge in [-0.15, -0.1) is 11.8 Å². The molecular weight excluding hydrogens is 430 g/mol. The van der Waals surface area contributed by atoms with Gasteiger partial charge in [-0.3, -0.25) is 14.5 Å². The van der Waals surface area contributed by atoms with Gasteiger partial charge in [-0.1, -0.05) is 5.16 Å². The number of pyridine rings is 1. The second-order valence-corrected chi connectivity index (χ2v) is 8.97. The molecule has 0 saturated carbocycles. The summed E-state index contributed by atoms with van der Waals surface area (Å²) in [6.07, 6.45) is 1.70. The number of thioether (sulfide) groups is 1. The van der Waals surface area contributed by atoms with E-state index < -0.39 is 0 Å². The molecular formula is C22H29N5O4S. The van der Waals surface area contributed by atoms with Gasteiger partial charge in [0.05, 0.1) is 31.0 Å². The van der Waals surface area contributed by atoms with Crippen molar-refractivity contribution in [2.24, 2.45) is 0 Å². The number of aryl methyl sites for hydroxylation is 2. The van der Waals surface area contributed by atoms with Crippen molar-refractivity contribution >= 4 is 23.6 Å². The highest BCUT2D eigenvalue weighted by molar-refractivity contribution is 7.98. The highest BCUT2D eigenvalue weighted by atomic mass is 32.2. The quantitative estimate of drug-likeness (QED) is 0.602. The lowest BCUT2D eigenvalue weighted by Gasteiger charge is -2.36. The molecule has 0 bridgehead atoms. The fraction of sp³-hybridized carbons (Fsp3) is 0.545. The van der Waals surface area contributed by atoms with E-state index in [9.17, 15) is 9.59 Å². The van der Waals surface area contributed by atoms with E-state index in [1.807, 2.05) is 29.7 Å². The van der Waals surface area contributed by atoms with Gasteiger partial charge in [0, 0.05) is 56.8 Å². The highest BCUT2D eigenvalue weighted by Gasteiger charge is 2.27. The molecule has 10 heteroatoms. The van der Waals surface area contributed by atoms with Crippen LogP contribution in [0.25, 0.3) is 0 Å². The van der Waals surface area contributed by atoms with E-state index in [2.05, 4.69) is 15.0 Å². The number of hydrogen-bond acceptors (Lipinski definition) is 8. The Morgan fingerprint density at radius 2 is 1.78 bits per heavy atom. The molecule has 9 nitrogen and oxygen atoms in total. The van der Waals surface area contributed by atoms with Crippen molar-refractivity contribution in [3.63, 3.8) is 0 Å². The van der Waals surface area contributed by atoms with Crippen LogP contribution in [0.4, 0.5) is 0 Å². The molecule has 0 radical (unpaired) electrons. The van der Waals surface area contributed by atoms with E-state index in [0.29, 0.717) is 62.3 Å². The minimum absolute atomic E-state index is 0.0420. The standard InChI is InChI=1S/C22H29N5O4S/c1-16-19(17(2)31-24-16)15-32-21-18(4-3-5-23-21)22(29)27-8-6-26(7-9-27)20(28)14-25-10-12-30-13-11-25/h3-5H,6-15H2,1-2H3. The molecule has 4 rings (SSSR count). The molecule has 0 spiro atoms. The zero-order chi connectivity index (χ0) is 22.5. The predicted molar refractivity (Wildman–Crippen MR) is 120 cm³/mol. The molecule has 2 aromatic rings. The Morgan fingerprint density at radius 3 is 2.47 bits per heavy atom. The number of amides is 2. The van der Waals surface area contributed by atoms with E-state index in [4.69, 9.17) is 9.26 Å². The van der Waals surface area contributed by atoms with Crippen LogP contribution >= 0.6 is 11.8 Å². The van der Waals surface area contributed by atoms with Gasteiger partial charge >= 0.3 is 0 Å². The Morgan fingerprint density at radius 1 is 1.06 bits per heavy atom. The number of piperazine rings is 1. The summed E-state index contributed by atoms with van der Waals surface area (Å²) in [4.78, 5) is 36.1. The third-order valence-corrected chi connectivity index (χ3v) is 6.95. The third kappa shape index (κ3) is 5.31. The summed E-state index contributed by atoms with van der Waals surface area (Å²) >= 11 is 1.51. The van der Waals surface area contributed by atoms with Gasteiger partial charge in [-0.2, -0.15) is 0 Å². The molecule has 2 fully saturated rings. The summed E-state index contributed by atoms with van der Waals surface area (Å²) < 4.78 is 10.6. The SMILES string of the molecule is Cc1noc(C)c1CSc1ncccc1C(=O)N1CCN(C(=O)CN2CCOCC2)CC1. The summed E-state index contributed by atoms with van der Waals surface area (Å²) in [5.41, 5.74) is 2.49. The van der Waals surface area contributed by atoms with Crippen LogP contribution in [0.1, 0.15) is 27.4 Å². The fourth-order valence-electron chi connectivity index (χ4n) is 3.90. The van der Waals surface area contributed by atoms with Crippen molar-refractivity contribution < 1.29 is 18.8 Å². The Bertz CT molecular complexity index is 932. The zero-order valence-corrected chi connectivity index (χ0v) is 19.4. The summed E-state index contributed by atoms with van der Waals surface area (Å²) in [6.45, 7) is 9.31. The largest absolute Gasteiger partial charge is 0.379 e. The Labute approximate surface area is 192 Å². The molecule has 32 heavy (non-hydrogen) atoms. The van der Waals surface area contributed by atoms with Gasteiger partial charge in [-0.25, -0.2) is 4.98 Å². The number of nitrogens with zero attached hydrogens (tertiary/aromatic N) is 5.